The van der Waals surface area contributed by atoms with Gasteiger partial charge in [0.1, 0.15) is 0 Å². The van der Waals surface area contributed by atoms with Gasteiger partial charge in [0.05, 0.1) is 11.4 Å². The average Bonchev–Trinajstić information content (AvgIpc) is 3.04. The van der Waals surface area contributed by atoms with E-state index in [0.29, 0.717) is 11.5 Å². The molecule has 0 unspecified atom stereocenters. The van der Waals surface area contributed by atoms with Gasteiger partial charge in [-0.1, -0.05) is 30.3 Å². The number of aromatic nitrogens is 6. The average molecular weight is 289 g/mol. The van der Waals surface area contributed by atoms with E-state index in [2.05, 4.69) is 30.6 Å². The molecule has 0 fully saturated rings. The second kappa shape index (κ2) is 4.96. The van der Waals surface area contributed by atoms with Gasteiger partial charge in [-0.25, -0.2) is 4.99 Å². The fraction of sp³-hybridized carbons (Fsp3) is 0.0667. The zero-order valence-electron chi connectivity index (χ0n) is 11.7. The number of hydrogen-bond donors (Lipinski definition) is 0. The molecule has 0 bridgehead atoms. The van der Waals surface area contributed by atoms with Gasteiger partial charge in [0.25, 0.3) is 0 Å². The van der Waals surface area contributed by atoms with E-state index >= 15 is 0 Å². The fourth-order valence-electron chi connectivity index (χ4n) is 2.30. The minimum absolute atomic E-state index is 0.568. The van der Waals surface area contributed by atoms with E-state index < -0.39 is 0 Å². The molecule has 22 heavy (non-hydrogen) atoms. The third-order valence-corrected chi connectivity index (χ3v) is 3.36. The van der Waals surface area contributed by atoms with Crippen LogP contribution in [0.5, 0.6) is 0 Å². The minimum Gasteiger partial charge on any atom is -0.255 e. The van der Waals surface area contributed by atoms with Crippen LogP contribution in [-0.4, -0.2) is 35.9 Å². The minimum atomic E-state index is 0.568. The number of rotatable bonds is 2. The standard InChI is InChI=1S/C15H11N7/c1-10(13-8-4-5-9-16-13)17-14-11-6-2-3-7-12(11)15-18-20-21-22(15)19-14/h2-9H,1H3. The van der Waals surface area contributed by atoms with Gasteiger partial charge in [-0.3, -0.25) is 4.98 Å². The molecule has 7 nitrogen and oxygen atoms in total. The Labute approximate surface area is 125 Å². The van der Waals surface area contributed by atoms with Crippen LogP contribution in [0.25, 0.3) is 16.4 Å². The van der Waals surface area contributed by atoms with Gasteiger partial charge in [0.2, 0.25) is 5.65 Å². The molecule has 0 saturated carbocycles. The molecule has 0 aliphatic heterocycles. The van der Waals surface area contributed by atoms with Crippen LogP contribution < -0.4 is 0 Å². The van der Waals surface area contributed by atoms with E-state index in [4.69, 9.17) is 0 Å². The van der Waals surface area contributed by atoms with E-state index in [1.165, 1.54) is 4.63 Å². The SMILES string of the molecule is CC(=Nc1nn2nnnc2c2ccccc12)c1ccccn1. The molecule has 1 aromatic carbocycles. The van der Waals surface area contributed by atoms with Crippen LogP contribution >= 0.6 is 0 Å². The summed E-state index contributed by atoms with van der Waals surface area (Å²) in [7, 11) is 0. The molecule has 3 heterocycles. The van der Waals surface area contributed by atoms with Crippen molar-refractivity contribution in [2.24, 2.45) is 4.99 Å². The van der Waals surface area contributed by atoms with Gasteiger partial charge in [0.15, 0.2) is 5.82 Å². The fourth-order valence-corrected chi connectivity index (χ4v) is 2.30. The molecule has 0 spiro atoms. The summed E-state index contributed by atoms with van der Waals surface area (Å²) in [6, 6.07) is 13.5. The Balaban J connectivity index is 1.97. The summed E-state index contributed by atoms with van der Waals surface area (Å²) in [5.41, 5.74) is 2.21. The first kappa shape index (κ1) is 12.5. The molecule has 0 aliphatic rings. The quantitative estimate of drug-likeness (QED) is 0.528. The highest BCUT2D eigenvalue weighted by molar-refractivity contribution is 6.03. The highest BCUT2D eigenvalue weighted by Crippen LogP contribution is 2.26. The molecule has 0 saturated heterocycles. The number of tetrazole rings is 1. The van der Waals surface area contributed by atoms with Crippen molar-refractivity contribution in [3.05, 3.63) is 54.4 Å². The molecular formula is C15H11N7. The van der Waals surface area contributed by atoms with Gasteiger partial charge in [0, 0.05) is 17.0 Å². The molecule has 0 atom stereocenters. The first-order valence-electron chi connectivity index (χ1n) is 6.77. The topological polar surface area (TPSA) is 81.2 Å². The number of aliphatic imine (C=N–C) groups is 1. The van der Waals surface area contributed by atoms with Crippen LogP contribution in [0.2, 0.25) is 0 Å². The zero-order valence-corrected chi connectivity index (χ0v) is 11.7. The maximum atomic E-state index is 4.61. The Morgan fingerprint density at radius 1 is 1.05 bits per heavy atom. The Kier molecular flexibility index (Phi) is 2.82. The van der Waals surface area contributed by atoms with Crippen LogP contribution in [-0.2, 0) is 0 Å². The molecule has 0 amide bonds. The Bertz CT molecular complexity index is 989. The highest BCUT2D eigenvalue weighted by Gasteiger charge is 2.10. The molecule has 4 aromatic rings. The number of nitrogens with zero attached hydrogens (tertiary/aromatic N) is 7. The maximum Gasteiger partial charge on any atom is 0.207 e. The monoisotopic (exact) mass is 289 g/mol. The molecule has 0 N–H and O–H groups in total. The first-order valence-corrected chi connectivity index (χ1v) is 6.77. The van der Waals surface area contributed by atoms with E-state index in [-0.39, 0.29) is 0 Å². The van der Waals surface area contributed by atoms with E-state index in [9.17, 15) is 0 Å². The van der Waals surface area contributed by atoms with Crippen molar-refractivity contribution in [1.29, 1.82) is 0 Å². The van der Waals surface area contributed by atoms with Crippen molar-refractivity contribution >= 4 is 27.9 Å². The van der Waals surface area contributed by atoms with Crippen LogP contribution in [0.3, 0.4) is 0 Å². The number of fused-ring (bicyclic) bond motifs is 3. The molecule has 4 rings (SSSR count). The molecule has 3 aromatic heterocycles. The summed E-state index contributed by atoms with van der Waals surface area (Å²) < 4.78 is 1.40. The van der Waals surface area contributed by atoms with Crippen molar-refractivity contribution in [1.82, 2.24) is 30.2 Å². The van der Waals surface area contributed by atoms with Crippen LogP contribution in [0, 0.1) is 0 Å². The van der Waals surface area contributed by atoms with Crippen LogP contribution in [0.15, 0.2) is 53.7 Å². The second-order valence-electron chi connectivity index (χ2n) is 4.77. The van der Waals surface area contributed by atoms with Crippen LogP contribution in [0.1, 0.15) is 12.6 Å². The largest absolute Gasteiger partial charge is 0.255 e. The lowest BCUT2D eigenvalue weighted by molar-refractivity contribution is 0.737. The summed E-state index contributed by atoms with van der Waals surface area (Å²) in [5, 5.41) is 17.8. The summed E-state index contributed by atoms with van der Waals surface area (Å²) in [4.78, 5) is 8.92. The van der Waals surface area contributed by atoms with Crippen molar-refractivity contribution in [2.75, 3.05) is 0 Å². The van der Waals surface area contributed by atoms with E-state index in [1.54, 1.807) is 6.20 Å². The smallest absolute Gasteiger partial charge is 0.207 e. The van der Waals surface area contributed by atoms with Crippen molar-refractivity contribution in [3.8, 4) is 0 Å². The lowest BCUT2D eigenvalue weighted by Crippen LogP contribution is -2.00. The lowest BCUT2D eigenvalue weighted by atomic mass is 10.2. The molecule has 106 valence electrons. The second-order valence-corrected chi connectivity index (χ2v) is 4.77. The van der Waals surface area contributed by atoms with Crippen molar-refractivity contribution in [2.45, 2.75) is 6.92 Å². The third kappa shape index (κ3) is 1.99. The van der Waals surface area contributed by atoms with Crippen molar-refractivity contribution in [3.63, 3.8) is 0 Å². The Morgan fingerprint density at radius 3 is 2.68 bits per heavy atom. The predicted molar refractivity (Wildman–Crippen MR) is 82.2 cm³/mol. The normalized spacial score (nSPS) is 12.1. The third-order valence-electron chi connectivity index (χ3n) is 3.36. The van der Waals surface area contributed by atoms with Gasteiger partial charge < -0.3 is 0 Å². The summed E-state index contributed by atoms with van der Waals surface area (Å²) >= 11 is 0. The highest BCUT2D eigenvalue weighted by atomic mass is 15.6. The number of benzene rings is 1. The number of pyridine rings is 1. The summed E-state index contributed by atoms with van der Waals surface area (Å²) in [5.74, 6) is 0.568. The predicted octanol–water partition coefficient (Wildman–Crippen LogP) is 2.21. The maximum absolute atomic E-state index is 4.61. The molecule has 0 radical (unpaired) electrons. The molecular weight excluding hydrogens is 278 g/mol. The van der Waals surface area contributed by atoms with Gasteiger partial charge in [-0.2, -0.15) is 0 Å². The van der Waals surface area contributed by atoms with Gasteiger partial charge in [-0.05, 0) is 29.5 Å². The van der Waals surface area contributed by atoms with Crippen molar-refractivity contribution < 1.29 is 0 Å². The van der Waals surface area contributed by atoms with E-state index in [1.807, 2.05) is 49.4 Å². The van der Waals surface area contributed by atoms with Gasteiger partial charge >= 0.3 is 0 Å². The van der Waals surface area contributed by atoms with Gasteiger partial charge in [-0.15, -0.1) is 14.8 Å². The van der Waals surface area contributed by atoms with E-state index in [0.717, 1.165) is 22.2 Å². The zero-order chi connectivity index (χ0) is 14.9. The molecule has 7 heteroatoms. The first-order chi connectivity index (χ1) is 10.8. The Hall–Kier alpha value is -3.22. The summed E-state index contributed by atoms with van der Waals surface area (Å²) in [6.07, 6.45) is 1.74. The summed E-state index contributed by atoms with van der Waals surface area (Å²) in [6.45, 7) is 1.91. The Morgan fingerprint density at radius 2 is 1.86 bits per heavy atom. The lowest BCUT2D eigenvalue weighted by Gasteiger charge is -2.04. The molecule has 0 aliphatic carbocycles. The van der Waals surface area contributed by atoms with Crippen LogP contribution in [0.4, 0.5) is 5.82 Å². The number of hydrogen-bond acceptors (Lipinski definition) is 6.